The first-order valence-electron chi connectivity index (χ1n) is 21.1. The quantitative estimate of drug-likeness (QED) is 0.240. The number of rotatable bonds is 10. The van der Waals surface area contributed by atoms with Gasteiger partial charge in [0.15, 0.2) is 0 Å². The van der Waals surface area contributed by atoms with Gasteiger partial charge in [-0.15, -0.1) is 0 Å². The van der Waals surface area contributed by atoms with Gasteiger partial charge in [0.25, 0.3) is 0 Å². The van der Waals surface area contributed by atoms with Crippen LogP contribution in [-0.2, 0) is 22.7 Å². The number of ether oxygens (including phenoxy) is 4. The summed E-state index contributed by atoms with van der Waals surface area (Å²) in [4.78, 5) is 0. The molecule has 282 valence electrons. The van der Waals surface area contributed by atoms with Gasteiger partial charge in [-0.05, 0) is 154 Å². The van der Waals surface area contributed by atoms with E-state index in [-0.39, 0.29) is 11.2 Å². The van der Waals surface area contributed by atoms with Crippen molar-refractivity contribution in [3.8, 4) is 11.8 Å². The largest absolute Gasteiger partial charge is 0.481 e. The summed E-state index contributed by atoms with van der Waals surface area (Å²) in [6.07, 6.45) is 29.3. The van der Waals surface area contributed by atoms with E-state index in [0.717, 1.165) is 63.1 Å². The molecule has 0 spiro atoms. The maximum absolute atomic E-state index is 6.65. The lowest BCUT2D eigenvalue weighted by Gasteiger charge is -2.56. The first-order valence-corrected chi connectivity index (χ1v) is 21.9. The molecule has 0 amide bonds. The van der Waals surface area contributed by atoms with Gasteiger partial charge in [0.1, 0.15) is 10.2 Å². The van der Waals surface area contributed by atoms with Crippen LogP contribution in [0.2, 0.25) is 0 Å². The number of hydrogen-bond acceptors (Lipinski definition) is 6. The molecule has 0 radical (unpaired) electrons. The van der Waals surface area contributed by atoms with Gasteiger partial charge in [0.05, 0.1) is 56.4 Å². The second-order valence-electron chi connectivity index (χ2n) is 18.7. The van der Waals surface area contributed by atoms with E-state index in [9.17, 15) is 0 Å². The Bertz CT molecular complexity index is 1440. The first-order chi connectivity index (χ1) is 24.9. The molecule has 8 nitrogen and oxygen atoms in total. The predicted octanol–water partition coefficient (Wildman–Crippen LogP) is 10.5. The smallest absolute Gasteiger partial charge is 0.226 e. The van der Waals surface area contributed by atoms with Gasteiger partial charge in [-0.1, -0.05) is 38.5 Å². The van der Waals surface area contributed by atoms with Crippen molar-refractivity contribution in [2.24, 2.45) is 35.5 Å². The normalized spacial score (nSPS) is 37.1. The molecule has 2 aromatic rings. The summed E-state index contributed by atoms with van der Waals surface area (Å²) < 4.78 is 29.8. The molecular formula is C42H63BrN4O4. The molecule has 12 rings (SSSR count). The van der Waals surface area contributed by atoms with Gasteiger partial charge in [-0.3, -0.25) is 0 Å². The average Bonchev–Trinajstić information content (AvgIpc) is 3.70. The Morgan fingerprint density at radius 2 is 1.06 bits per heavy atom. The number of methoxy groups -OCH3 is 2. The van der Waals surface area contributed by atoms with Crippen LogP contribution in [0.1, 0.15) is 165 Å². The minimum absolute atomic E-state index is 0.135. The van der Waals surface area contributed by atoms with E-state index in [1.54, 1.807) is 14.2 Å². The predicted molar refractivity (Wildman–Crippen MR) is 201 cm³/mol. The number of aromatic nitrogens is 4. The van der Waals surface area contributed by atoms with Crippen LogP contribution in [0.3, 0.4) is 0 Å². The fraction of sp³-hybridized carbons (Fsp3) is 0.857. The molecule has 0 aromatic carbocycles. The minimum Gasteiger partial charge on any atom is -0.481 e. The van der Waals surface area contributed by atoms with Gasteiger partial charge in [0.2, 0.25) is 11.8 Å². The highest BCUT2D eigenvalue weighted by molar-refractivity contribution is 9.10. The maximum atomic E-state index is 6.65. The third-order valence-corrected chi connectivity index (χ3v) is 15.7. The van der Waals surface area contributed by atoms with E-state index >= 15 is 0 Å². The Balaban J connectivity index is 0.000000137. The standard InChI is InChI=1S/C21H31BrN2O2.C21H32N2O2/c1-25-20-19(22)18(23-24(20)17-5-3-2-4-6-17)13-26-21-10-14-7-15(11-21)9-16(8-14)12-21;1-24-20-10-18(22-23(20)19-5-3-2-4-6-19)14-25-21-11-15-7-16(12-21)9-17(8-15)13-21/h14-17H,2-13H2,1H3;10,15-17,19H,2-9,11-14H2,1H3. The van der Waals surface area contributed by atoms with E-state index in [2.05, 4.69) is 31.4 Å². The molecule has 9 heteroatoms. The van der Waals surface area contributed by atoms with Crippen LogP contribution in [0.25, 0.3) is 0 Å². The topological polar surface area (TPSA) is 72.6 Å². The molecule has 10 saturated carbocycles. The highest BCUT2D eigenvalue weighted by Gasteiger charge is 2.53. The fourth-order valence-electron chi connectivity index (χ4n) is 13.4. The summed E-state index contributed by atoms with van der Waals surface area (Å²) in [7, 11) is 3.52. The lowest BCUT2D eigenvalue weighted by Crippen LogP contribution is -2.51. The van der Waals surface area contributed by atoms with Crippen molar-refractivity contribution in [1.82, 2.24) is 19.6 Å². The Hall–Kier alpha value is -1.58. The van der Waals surface area contributed by atoms with Crippen LogP contribution >= 0.6 is 15.9 Å². The molecule has 10 aliphatic rings. The van der Waals surface area contributed by atoms with Crippen LogP contribution in [0.4, 0.5) is 0 Å². The van der Waals surface area contributed by atoms with Crippen molar-refractivity contribution in [2.45, 2.75) is 178 Å². The van der Waals surface area contributed by atoms with E-state index in [1.807, 2.05) is 0 Å². The van der Waals surface area contributed by atoms with Gasteiger partial charge in [0, 0.05) is 6.07 Å². The third-order valence-electron chi connectivity index (χ3n) is 14.9. The summed E-state index contributed by atoms with van der Waals surface area (Å²) >= 11 is 3.75. The van der Waals surface area contributed by atoms with Crippen LogP contribution in [0.15, 0.2) is 10.5 Å². The summed E-state index contributed by atoms with van der Waals surface area (Å²) in [6, 6.07) is 3.09. The minimum atomic E-state index is 0.135. The summed E-state index contributed by atoms with van der Waals surface area (Å²) in [5, 5.41) is 9.83. The molecular weight excluding hydrogens is 704 g/mol. The summed E-state index contributed by atoms with van der Waals surface area (Å²) in [5.74, 6) is 7.33. The van der Waals surface area contributed by atoms with E-state index in [4.69, 9.17) is 29.1 Å². The van der Waals surface area contributed by atoms with Crippen LogP contribution < -0.4 is 9.47 Å². The van der Waals surface area contributed by atoms with Gasteiger partial charge >= 0.3 is 0 Å². The lowest BCUT2D eigenvalue weighted by molar-refractivity contribution is -0.169. The van der Waals surface area contributed by atoms with Gasteiger partial charge in [-0.25, -0.2) is 9.36 Å². The molecule has 0 unspecified atom stereocenters. The monoisotopic (exact) mass is 766 g/mol. The van der Waals surface area contributed by atoms with Crippen molar-refractivity contribution in [3.05, 3.63) is 21.9 Å². The van der Waals surface area contributed by atoms with Crippen molar-refractivity contribution in [3.63, 3.8) is 0 Å². The third kappa shape index (κ3) is 7.20. The van der Waals surface area contributed by atoms with Gasteiger partial charge < -0.3 is 18.9 Å². The van der Waals surface area contributed by atoms with E-state index in [0.29, 0.717) is 25.3 Å². The molecule has 51 heavy (non-hydrogen) atoms. The Morgan fingerprint density at radius 3 is 1.51 bits per heavy atom. The number of nitrogens with zero attached hydrogens (tertiary/aromatic N) is 4. The van der Waals surface area contributed by atoms with Gasteiger partial charge in [-0.2, -0.15) is 10.2 Å². The Kier molecular flexibility index (Phi) is 10.0. The average molecular weight is 768 g/mol. The Morgan fingerprint density at radius 1 is 0.608 bits per heavy atom. The number of hydrogen-bond donors (Lipinski definition) is 0. The second kappa shape index (κ2) is 14.6. The van der Waals surface area contributed by atoms with E-state index < -0.39 is 0 Å². The molecule has 10 fully saturated rings. The van der Waals surface area contributed by atoms with Crippen LogP contribution in [-0.4, -0.2) is 45.0 Å². The molecule has 10 aliphatic carbocycles. The molecule has 0 atom stereocenters. The zero-order valence-electron chi connectivity index (χ0n) is 31.5. The molecule has 0 saturated heterocycles. The maximum Gasteiger partial charge on any atom is 0.226 e. The number of halogens is 1. The van der Waals surface area contributed by atoms with Crippen molar-refractivity contribution in [1.29, 1.82) is 0 Å². The summed E-state index contributed by atoms with van der Waals surface area (Å²) in [6.45, 7) is 1.27. The molecule has 2 heterocycles. The van der Waals surface area contributed by atoms with Crippen molar-refractivity contribution in [2.75, 3.05) is 14.2 Å². The SMILES string of the molecule is COc1c(Br)c(COC23CC4CC(CC(C4)C2)C3)nn1C1CCCCC1.COc1cc(COC23CC4CC(CC(C4)C2)C3)nn1C1CCCCC1. The summed E-state index contributed by atoms with van der Waals surface area (Å²) in [5.41, 5.74) is 2.37. The second-order valence-corrected chi connectivity index (χ2v) is 19.5. The molecule has 0 N–H and O–H groups in total. The molecule has 8 bridgehead atoms. The lowest BCUT2D eigenvalue weighted by atomic mass is 9.54. The van der Waals surface area contributed by atoms with Crippen LogP contribution in [0.5, 0.6) is 11.8 Å². The van der Waals surface area contributed by atoms with Crippen LogP contribution in [0, 0.1) is 35.5 Å². The molecule has 0 aliphatic heterocycles. The van der Waals surface area contributed by atoms with E-state index in [1.165, 1.54) is 141 Å². The fourth-order valence-corrected chi connectivity index (χ4v) is 13.9. The zero-order chi connectivity index (χ0) is 34.6. The first kappa shape index (κ1) is 35.1. The van der Waals surface area contributed by atoms with Crippen molar-refractivity contribution < 1.29 is 18.9 Å². The van der Waals surface area contributed by atoms with Crippen molar-refractivity contribution >= 4 is 15.9 Å². The Labute approximate surface area is 314 Å². The molecule has 2 aromatic heterocycles. The highest BCUT2D eigenvalue weighted by Crippen LogP contribution is 2.58. The highest BCUT2D eigenvalue weighted by atomic mass is 79.9. The zero-order valence-corrected chi connectivity index (χ0v) is 33.1.